The molecule has 8 heteroatoms. The zero-order valence-corrected chi connectivity index (χ0v) is 31.3. The number of nitrogens with one attached hydrogen (secondary N) is 1. The van der Waals surface area contributed by atoms with Gasteiger partial charge in [0, 0.05) is 29.8 Å². The fourth-order valence-electron chi connectivity index (χ4n) is 9.30. The quantitative estimate of drug-likeness (QED) is 0.226. The van der Waals surface area contributed by atoms with Crippen molar-refractivity contribution in [3.8, 4) is 0 Å². The van der Waals surface area contributed by atoms with Crippen molar-refractivity contribution in [3.05, 3.63) is 40.7 Å². The molecule has 3 saturated carbocycles. The lowest BCUT2D eigenvalue weighted by Gasteiger charge is -2.41. The van der Waals surface area contributed by atoms with Gasteiger partial charge in [-0.25, -0.2) is 5.01 Å². The van der Waals surface area contributed by atoms with Crippen molar-refractivity contribution < 1.29 is 19.5 Å². The van der Waals surface area contributed by atoms with E-state index in [-0.39, 0.29) is 40.5 Å². The Kier molecular flexibility index (Phi) is 11.2. The highest BCUT2D eigenvalue weighted by molar-refractivity contribution is 6.44. The van der Waals surface area contributed by atoms with Crippen molar-refractivity contribution in [1.29, 1.82) is 0 Å². The van der Waals surface area contributed by atoms with Crippen LogP contribution >= 0.6 is 0 Å². The molecule has 0 spiro atoms. The second kappa shape index (κ2) is 15.4. The number of anilines is 2. The Balaban J connectivity index is 1.41. The summed E-state index contributed by atoms with van der Waals surface area (Å²) in [6.45, 7) is 11.3. The number of carbonyl (C=O) groups excluding carboxylic acids is 3. The number of amides is 2. The van der Waals surface area contributed by atoms with Crippen LogP contribution in [0, 0.1) is 23.2 Å². The van der Waals surface area contributed by atoms with E-state index in [0.717, 1.165) is 50.9 Å². The molecule has 0 aromatic heterocycles. The van der Waals surface area contributed by atoms with Crippen LogP contribution < -0.4 is 10.2 Å². The molecule has 3 fully saturated rings. The fraction of sp³-hybridized carbons (Fsp3) is 0.667. The minimum atomic E-state index is -0.659. The van der Waals surface area contributed by atoms with Crippen LogP contribution in [0.2, 0.25) is 0 Å². The van der Waals surface area contributed by atoms with E-state index in [9.17, 15) is 19.5 Å². The Bertz CT molecular complexity index is 1530. The van der Waals surface area contributed by atoms with Crippen molar-refractivity contribution in [2.75, 3.05) is 23.3 Å². The molecular weight excluding hydrogens is 624 g/mol. The minimum Gasteiger partial charge on any atom is -0.506 e. The minimum absolute atomic E-state index is 0.0373. The standard InChI is InChI=1S/C42H60N4O4/c1-6-45(7-2)30-23-24-31(33(26-30)43-41(50)42(3,4)5)34-38(47)36(39(34)48)35-32(25-22-27-16-14-15-17-27)44-46(40(35)49)37(28-18-10-8-11-19-28)29-20-12-9-13-21-29/h23-24,26-29,37,47H,6-22,25H2,1-5H3,(H,43,50). The molecule has 0 radical (unpaired) electrons. The molecule has 50 heavy (non-hydrogen) atoms. The number of aliphatic hydroxyl groups is 1. The van der Waals surface area contributed by atoms with E-state index < -0.39 is 5.41 Å². The summed E-state index contributed by atoms with van der Waals surface area (Å²) >= 11 is 0. The molecule has 0 bridgehead atoms. The normalized spacial score (nSPS) is 22.8. The van der Waals surface area contributed by atoms with Gasteiger partial charge in [-0.1, -0.05) is 85.0 Å². The Morgan fingerprint density at radius 2 is 1.46 bits per heavy atom. The third-order valence-corrected chi connectivity index (χ3v) is 12.3. The first-order valence-electron chi connectivity index (χ1n) is 19.9. The number of benzene rings is 1. The molecule has 0 saturated heterocycles. The van der Waals surface area contributed by atoms with E-state index in [0.29, 0.717) is 46.7 Å². The first-order chi connectivity index (χ1) is 24.0. The number of hydrogen-bond acceptors (Lipinski definition) is 6. The van der Waals surface area contributed by atoms with E-state index in [1.165, 1.54) is 64.2 Å². The largest absolute Gasteiger partial charge is 0.506 e. The predicted octanol–water partition coefficient (Wildman–Crippen LogP) is 9.36. The van der Waals surface area contributed by atoms with E-state index in [2.05, 4.69) is 24.1 Å². The van der Waals surface area contributed by atoms with Gasteiger partial charge in [0.25, 0.3) is 5.91 Å². The average molecular weight is 685 g/mol. The van der Waals surface area contributed by atoms with Crippen molar-refractivity contribution in [3.63, 3.8) is 0 Å². The van der Waals surface area contributed by atoms with Crippen LogP contribution in [0.15, 0.2) is 40.2 Å². The molecule has 1 aromatic carbocycles. The summed E-state index contributed by atoms with van der Waals surface area (Å²) in [5.74, 6) is 0.526. The average Bonchev–Trinajstić information content (AvgIpc) is 3.74. The van der Waals surface area contributed by atoms with Crippen LogP contribution in [0.25, 0.3) is 5.57 Å². The van der Waals surface area contributed by atoms with Gasteiger partial charge < -0.3 is 15.3 Å². The molecule has 4 aliphatic carbocycles. The van der Waals surface area contributed by atoms with Crippen molar-refractivity contribution in [2.24, 2.45) is 28.3 Å². The zero-order chi connectivity index (χ0) is 35.6. The first-order valence-corrected chi connectivity index (χ1v) is 19.9. The Morgan fingerprint density at radius 1 is 0.880 bits per heavy atom. The van der Waals surface area contributed by atoms with Gasteiger partial charge in [-0.3, -0.25) is 14.4 Å². The maximum Gasteiger partial charge on any atom is 0.277 e. The number of Topliss-reactive ketones (excluding diaryl/α,β-unsaturated/α-hetero) is 1. The zero-order valence-electron chi connectivity index (χ0n) is 31.3. The number of hydrazone groups is 1. The third kappa shape index (κ3) is 7.32. The van der Waals surface area contributed by atoms with E-state index in [1.807, 2.05) is 39.0 Å². The number of rotatable bonds is 11. The highest BCUT2D eigenvalue weighted by atomic mass is 16.3. The van der Waals surface area contributed by atoms with Gasteiger partial charge in [-0.15, -0.1) is 0 Å². The van der Waals surface area contributed by atoms with Gasteiger partial charge >= 0.3 is 0 Å². The van der Waals surface area contributed by atoms with Crippen LogP contribution in [-0.2, 0) is 14.4 Å². The lowest BCUT2D eigenvalue weighted by Crippen LogP contribution is -2.46. The summed E-state index contributed by atoms with van der Waals surface area (Å²) in [6.07, 6.45) is 18.2. The monoisotopic (exact) mass is 684 g/mol. The molecule has 8 nitrogen and oxygen atoms in total. The maximum absolute atomic E-state index is 14.7. The molecule has 5 aliphatic rings. The molecule has 0 atom stereocenters. The highest BCUT2D eigenvalue weighted by Gasteiger charge is 2.48. The second-order valence-electron chi connectivity index (χ2n) is 16.6. The van der Waals surface area contributed by atoms with Crippen LogP contribution in [0.4, 0.5) is 11.4 Å². The first kappa shape index (κ1) is 36.4. The predicted molar refractivity (Wildman–Crippen MR) is 202 cm³/mol. The summed E-state index contributed by atoms with van der Waals surface area (Å²) in [7, 11) is 0. The van der Waals surface area contributed by atoms with Crippen LogP contribution in [0.5, 0.6) is 0 Å². The van der Waals surface area contributed by atoms with Crippen LogP contribution in [0.3, 0.4) is 0 Å². The SMILES string of the molecule is CCN(CC)c1ccc(C2=C(O)C(=C3C(=O)N(C(C4CCCCC4)C4CCCCC4)N=C3CCC3CCCC3)C2=O)c(NC(=O)C(C)(C)C)c1. The smallest absolute Gasteiger partial charge is 0.277 e. The van der Waals surface area contributed by atoms with Gasteiger partial charge in [-0.05, 0) is 88.3 Å². The Hall–Kier alpha value is -3.42. The number of nitrogens with zero attached hydrogens (tertiary/aromatic N) is 3. The number of aliphatic hydroxyl groups excluding tert-OH is 1. The molecule has 6 rings (SSSR count). The topological polar surface area (TPSA) is 102 Å². The summed E-state index contributed by atoms with van der Waals surface area (Å²) < 4.78 is 0. The molecule has 1 heterocycles. The summed E-state index contributed by atoms with van der Waals surface area (Å²) in [6, 6.07) is 5.68. The van der Waals surface area contributed by atoms with E-state index >= 15 is 0 Å². The lowest BCUT2D eigenvalue weighted by atomic mass is 9.73. The number of ketones is 1. The van der Waals surface area contributed by atoms with Gasteiger partial charge in [0.1, 0.15) is 5.76 Å². The lowest BCUT2D eigenvalue weighted by molar-refractivity contribution is -0.131. The molecule has 1 aliphatic heterocycles. The Morgan fingerprint density at radius 3 is 2.00 bits per heavy atom. The van der Waals surface area contributed by atoms with Gasteiger partial charge in [0.05, 0.1) is 34.2 Å². The molecular formula is C42H60N4O4. The Labute approximate surface area is 299 Å². The number of hydrogen-bond donors (Lipinski definition) is 2. The molecule has 2 amide bonds. The molecule has 1 aromatic rings. The van der Waals surface area contributed by atoms with Gasteiger partial charge in [-0.2, -0.15) is 5.10 Å². The van der Waals surface area contributed by atoms with Gasteiger partial charge in [0.2, 0.25) is 11.7 Å². The molecule has 0 unspecified atom stereocenters. The van der Waals surface area contributed by atoms with E-state index in [1.54, 1.807) is 5.01 Å². The summed E-state index contributed by atoms with van der Waals surface area (Å²) in [5.41, 5.74) is 2.46. The fourth-order valence-corrected chi connectivity index (χ4v) is 9.30. The van der Waals surface area contributed by atoms with Crippen LogP contribution in [0.1, 0.15) is 143 Å². The molecule has 2 N–H and O–H groups in total. The van der Waals surface area contributed by atoms with Gasteiger partial charge in [0.15, 0.2) is 0 Å². The van der Waals surface area contributed by atoms with Crippen molar-refractivity contribution in [1.82, 2.24) is 5.01 Å². The van der Waals surface area contributed by atoms with Crippen molar-refractivity contribution >= 4 is 40.3 Å². The highest BCUT2D eigenvalue weighted by Crippen LogP contribution is 2.46. The van der Waals surface area contributed by atoms with E-state index in [4.69, 9.17) is 5.10 Å². The van der Waals surface area contributed by atoms with Crippen molar-refractivity contribution in [2.45, 2.75) is 143 Å². The number of allylic oxidation sites excluding steroid dienone is 2. The number of carbonyl (C=O) groups is 3. The second-order valence-corrected chi connectivity index (χ2v) is 16.6. The maximum atomic E-state index is 14.7. The summed E-state index contributed by atoms with van der Waals surface area (Å²) in [5, 5.41) is 21.8. The van der Waals surface area contributed by atoms with Crippen LogP contribution in [-0.4, -0.2) is 52.6 Å². The third-order valence-electron chi connectivity index (χ3n) is 12.3. The molecule has 272 valence electrons. The summed E-state index contributed by atoms with van der Waals surface area (Å²) in [4.78, 5) is 44.5.